The van der Waals surface area contributed by atoms with E-state index in [0.29, 0.717) is 5.92 Å². The maximum atomic E-state index is 12.6. The third-order valence-corrected chi connectivity index (χ3v) is 8.39. The topological polar surface area (TPSA) is 116 Å². The van der Waals surface area contributed by atoms with Gasteiger partial charge in [0.2, 0.25) is 10.0 Å². The lowest BCUT2D eigenvalue weighted by Gasteiger charge is -2.35. The third kappa shape index (κ3) is 4.12. The van der Waals surface area contributed by atoms with Crippen LogP contribution in [-0.4, -0.2) is 31.9 Å². The van der Waals surface area contributed by atoms with Crippen LogP contribution in [0.25, 0.3) is 0 Å². The highest BCUT2D eigenvalue weighted by molar-refractivity contribution is 7.89. The molecule has 1 atom stereocenters. The number of phenolic OH excluding ortho intramolecular Hbond substituents is 1. The Labute approximate surface area is 196 Å². The molecule has 0 saturated heterocycles. The molecule has 0 aromatic heterocycles. The minimum Gasteiger partial charge on any atom is -0.504 e. The zero-order valence-corrected chi connectivity index (χ0v) is 19.7. The zero-order chi connectivity index (χ0) is 23.9. The second kappa shape index (κ2) is 8.81. The molecule has 3 N–H and O–H groups in total. The molecule has 174 valence electrons. The van der Waals surface area contributed by atoms with Crippen LogP contribution in [0.2, 0.25) is 5.02 Å². The predicted molar refractivity (Wildman–Crippen MR) is 129 cm³/mol. The van der Waals surface area contributed by atoms with Crippen molar-refractivity contribution in [2.45, 2.75) is 30.2 Å². The molecule has 0 amide bonds. The molecule has 0 radical (unpaired) electrons. The molecule has 0 unspecified atom stereocenters. The average Bonchev–Trinajstić information content (AvgIpc) is 2.75. The average molecular weight is 490 g/mol. The molecule has 4 rings (SSSR count). The number of anilines is 3. The summed E-state index contributed by atoms with van der Waals surface area (Å²) in [4.78, 5) is 24.3. The van der Waals surface area contributed by atoms with Crippen molar-refractivity contribution in [2.24, 2.45) is 5.92 Å². The van der Waals surface area contributed by atoms with Gasteiger partial charge in [0.15, 0.2) is 5.75 Å². The number of aromatic hydroxyl groups is 1. The van der Waals surface area contributed by atoms with Crippen molar-refractivity contribution in [1.29, 1.82) is 0 Å². The van der Waals surface area contributed by atoms with Gasteiger partial charge in [-0.1, -0.05) is 48.4 Å². The number of hydrogen-bond acceptors (Lipinski definition) is 7. The van der Waals surface area contributed by atoms with E-state index in [1.807, 2.05) is 30.3 Å². The molecule has 0 aliphatic heterocycles. The van der Waals surface area contributed by atoms with Gasteiger partial charge in [0, 0.05) is 14.1 Å². The summed E-state index contributed by atoms with van der Waals surface area (Å²) in [6, 6.07) is 12.2. The van der Waals surface area contributed by atoms with E-state index in [0.717, 1.165) is 29.1 Å². The highest BCUT2D eigenvalue weighted by atomic mass is 35.5. The quantitative estimate of drug-likeness (QED) is 0.327. The maximum Gasteiger partial charge on any atom is 0.253 e. The summed E-state index contributed by atoms with van der Waals surface area (Å²) in [6.07, 6.45) is 3.12. The number of halogens is 1. The monoisotopic (exact) mass is 489 g/mol. The van der Waals surface area contributed by atoms with Gasteiger partial charge in [0.1, 0.15) is 16.3 Å². The summed E-state index contributed by atoms with van der Waals surface area (Å²) in [5.41, 5.74) is -0.348. The summed E-state index contributed by atoms with van der Waals surface area (Å²) in [7, 11) is -1.43. The molecule has 1 aliphatic rings. The van der Waals surface area contributed by atoms with Gasteiger partial charge in [0.25, 0.3) is 10.9 Å². The van der Waals surface area contributed by atoms with E-state index in [1.165, 1.54) is 26.2 Å². The van der Waals surface area contributed by atoms with E-state index in [-0.39, 0.29) is 28.1 Å². The van der Waals surface area contributed by atoms with Crippen molar-refractivity contribution in [2.75, 3.05) is 24.7 Å². The molecular weight excluding hydrogens is 466 g/mol. The van der Waals surface area contributed by atoms with Crippen molar-refractivity contribution < 1.29 is 13.5 Å². The van der Waals surface area contributed by atoms with Gasteiger partial charge < -0.3 is 15.7 Å². The second-order valence-electron chi connectivity index (χ2n) is 8.32. The summed E-state index contributed by atoms with van der Waals surface area (Å²) in [6.45, 7) is 0. The lowest BCUT2D eigenvalue weighted by Crippen LogP contribution is -2.39. The largest absolute Gasteiger partial charge is 0.504 e. The molecule has 1 fully saturated rings. The molecule has 1 aliphatic carbocycles. The number of nitrogens with one attached hydrogen (secondary N) is 2. The van der Waals surface area contributed by atoms with Crippen LogP contribution in [-0.2, 0) is 10.0 Å². The molecule has 3 aromatic carbocycles. The van der Waals surface area contributed by atoms with Crippen molar-refractivity contribution >= 4 is 38.7 Å². The fourth-order valence-electron chi connectivity index (χ4n) is 3.92. The molecule has 0 heterocycles. The number of phenols is 1. The van der Waals surface area contributed by atoms with Gasteiger partial charge in [-0.2, -0.15) is 0 Å². The smallest absolute Gasteiger partial charge is 0.253 e. The molecule has 0 bridgehead atoms. The highest BCUT2D eigenvalue weighted by Crippen LogP contribution is 2.42. The van der Waals surface area contributed by atoms with Gasteiger partial charge in [-0.25, -0.2) is 12.7 Å². The van der Waals surface area contributed by atoms with Crippen molar-refractivity contribution in [3.05, 3.63) is 73.5 Å². The van der Waals surface area contributed by atoms with Crippen LogP contribution in [0.5, 0.6) is 5.75 Å². The number of nitrogens with zero attached hydrogens (tertiary/aromatic N) is 1. The highest BCUT2D eigenvalue weighted by Gasteiger charge is 2.33. The first kappa shape index (κ1) is 23.3. The van der Waals surface area contributed by atoms with E-state index in [1.54, 1.807) is 0 Å². The first-order valence-corrected chi connectivity index (χ1v) is 12.3. The van der Waals surface area contributed by atoms with Gasteiger partial charge in [0.05, 0.1) is 16.8 Å². The van der Waals surface area contributed by atoms with E-state index < -0.39 is 31.5 Å². The molecule has 3 aromatic rings. The lowest BCUT2D eigenvalue weighted by molar-refractivity contribution is 0.277. The van der Waals surface area contributed by atoms with Crippen LogP contribution < -0.4 is 21.5 Å². The minimum atomic E-state index is -4.06. The van der Waals surface area contributed by atoms with Crippen molar-refractivity contribution in [3.8, 4) is 5.75 Å². The Morgan fingerprint density at radius 2 is 1.67 bits per heavy atom. The first-order valence-electron chi connectivity index (χ1n) is 10.5. The zero-order valence-electron chi connectivity index (χ0n) is 18.1. The van der Waals surface area contributed by atoms with Crippen LogP contribution in [0.4, 0.5) is 17.1 Å². The Morgan fingerprint density at radius 1 is 1.03 bits per heavy atom. The van der Waals surface area contributed by atoms with Crippen molar-refractivity contribution in [3.63, 3.8) is 0 Å². The van der Waals surface area contributed by atoms with Gasteiger partial charge in [-0.05, 0) is 36.5 Å². The van der Waals surface area contributed by atoms with Gasteiger partial charge in [-0.3, -0.25) is 9.59 Å². The molecule has 1 saturated carbocycles. The Bertz CT molecular complexity index is 1360. The van der Waals surface area contributed by atoms with E-state index >= 15 is 0 Å². The Morgan fingerprint density at radius 3 is 2.24 bits per heavy atom. The van der Waals surface area contributed by atoms with Crippen LogP contribution in [0, 0.1) is 5.92 Å². The summed E-state index contributed by atoms with van der Waals surface area (Å²) in [5, 5.41) is 16.5. The lowest BCUT2D eigenvalue weighted by atomic mass is 9.77. The van der Waals surface area contributed by atoms with Crippen LogP contribution in [0.1, 0.15) is 30.9 Å². The number of hydrogen-bond donors (Lipinski definition) is 3. The fourth-order valence-corrected chi connectivity index (χ4v) is 5.40. The van der Waals surface area contributed by atoms with Crippen LogP contribution >= 0.6 is 11.6 Å². The normalized spacial score (nSPS) is 15.4. The maximum absolute atomic E-state index is 12.6. The van der Waals surface area contributed by atoms with Crippen LogP contribution in [0.3, 0.4) is 0 Å². The first-order chi connectivity index (χ1) is 15.6. The van der Waals surface area contributed by atoms with Gasteiger partial charge >= 0.3 is 0 Å². The Balaban J connectivity index is 1.69. The number of benzene rings is 2. The number of sulfonamides is 1. The molecular formula is C23H24ClN3O5S. The molecule has 33 heavy (non-hydrogen) atoms. The van der Waals surface area contributed by atoms with E-state index in [2.05, 4.69) is 10.6 Å². The standard InChI is InChI=1S/C23H24ClN3O5S/c1-27(2)33(31,32)23-15(24)11-12-16(20(23)28)25-18-19(22(30)21(18)29)26-17(14-9-6-10-14)13-7-4-3-5-8-13/h3-5,7-8,11-12,14,17,25-26,28H,6,9-10H2,1-2H3/t17-/m0/s1. The fraction of sp³-hybridized carbons (Fsp3) is 0.304. The van der Waals surface area contributed by atoms with Crippen molar-refractivity contribution in [1.82, 2.24) is 4.31 Å². The predicted octanol–water partition coefficient (Wildman–Crippen LogP) is 3.59. The summed E-state index contributed by atoms with van der Waals surface area (Å²) < 4.78 is 26.1. The molecule has 10 heteroatoms. The van der Waals surface area contributed by atoms with Gasteiger partial charge in [-0.15, -0.1) is 0 Å². The Kier molecular flexibility index (Phi) is 6.22. The molecule has 8 nitrogen and oxygen atoms in total. The third-order valence-electron chi connectivity index (χ3n) is 6.07. The SMILES string of the molecule is CN(C)S(=O)(=O)c1c(Cl)ccc(Nc2c(N[C@@H](c3ccccc3)C3CCC3)c(=O)c2=O)c1O. The second-order valence-corrected chi connectivity index (χ2v) is 10.8. The summed E-state index contributed by atoms with van der Waals surface area (Å²) in [5.74, 6) is -0.306. The van der Waals surface area contributed by atoms with Crippen LogP contribution in [0.15, 0.2) is 56.9 Å². The minimum absolute atomic E-state index is 0.0221. The van der Waals surface area contributed by atoms with E-state index in [4.69, 9.17) is 11.6 Å². The Hall–Kier alpha value is -2.88. The summed E-state index contributed by atoms with van der Waals surface area (Å²) >= 11 is 6.05. The van der Waals surface area contributed by atoms with E-state index in [9.17, 15) is 23.1 Å². The molecule has 0 spiro atoms. The number of rotatable bonds is 8.